The number of ether oxygens (including phenoxy) is 1. The molecule has 1 heterocycles. The first-order valence-corrected chi connectivity index (χ1v) is 6.76. The summed E-state index contributed by atoms with van der Waals surface area (Å²) >= 11 is 4.67. The maximum absolute atomic E-state index is 11.6. The van der Waals surface area contributed by atoms with Crippen molar-refractivity contribution < 1.29 is 4.74 Å². The Balaban J connectivity index is 2.31. The second kappa shape index (κ2) is 5.06. The fraction of sp³-hybridized carbons (Fsp3) is 0.250. The number of aryl methyl sites for hydroxylation is 1. The molecule has 0 radical (unpaired) electrons. The van der Waals surface area contributed by atoms with Gasteiger partial charge in [0.25, 0.3) is 0 Å². The lowest BCUT2D eigenvalue weighted by Gasteiger charge is -2.07. The predicted molar refractivity (Wildman–Crippen MR) is 73.1 cm³/mol. The highest BCUT2D eigenvalue weighted by Crippen LogP contribution is 2.25. The number of hydrogen-bond donors (Lipinski definition) is 0. The van der Waals surface area contributed by atoms with Gasteiger partial charge in [0.05, 0.1) is 18.1 Å². The molecule has 5 heteroatoms. The van der Waals surface area contributed by atoms with Crippen LogP contribution >= 0.6 is 27.3 Å². The number of rotatable bonds is 3. The Labute approximate surface area is 112 Å². The molecule has 0 saturated heterocycles. The molecule has 0 amide bonds. The summed E-state index contributed by atoms with van der Waals surface area (Å²) in [7, 11) is 1.63. The molecule has 0 fully saturated rings. The molecular formula is C12H12BrNO2S. The number of hydrogen-bond acceptors (Lipinski definition) is 3. The van der Waals surface area contributed by atoms with Crippen LogP contribution < -0.4 is 9.61 Å². The Bertz CT molecular complexity index is 588. The molecule has 0 aliphatic carbocycles. The van der Waals surface area contributed by atoms with Crippen LogP contribution in [0.2, 0.25) is 0 Å². The van der Waals surface area contributed by atoms with Crippen LogP contribution in [-0.2, 0) is 6.54 Å². The molecule has 0 unspecified atom stereocenters. The van der Waals surface area contributed by atoms with Crippen molar-refractivity contribution in [2.75, 3.05) is 7.11 Å². The van der Waals surface area contributed by atoms with Crippen molar-refractivity contribution in [3.8, 4) is 5.75 Å². The lowest BCUT2D eigenvalue weighted by molar-refractivity contribution is 0.412. The molecule has 0 aliphatic heterocycles. The van der Waals surface area contributed by atoms with Gasteiger partial charge in [-0.15, -0.1) is 0 Å². The average Bonchev–Trinajstić information content (AvgIpc) is 2.61. The second-order valence-electron chi connectivity index (χ2n) is 3.70. The maximum atomic E-state index is 11.6. The highest BCUT2D eigenvalue weighted by molar-refractivity contribution is 9.10. The Morgan fingerprint density at radius 2 is 2.24 bits per heavy atom. The van der Waals surface area contributed by atoms with Gasteiger partial charge in [0.2, 0.25) is 0 Å². The van der Waals surface area contributed by atoms with Gasteiger partial charge in [0, 0.05) is 11.1 Å². The third kappa shape index (κ3) is 2.61. The van der Waals surface area contributed by atoms with Crippen LogP contribution in [0.1, 0.15) is 11.3 Å². The van der Waals surface area contributed by atoms with Crippen LogP contribution in [0.3, 0.4) is 0 Å². The van der Waals surface area contributed by atoms with Gasteiger partial charge >= 0.3 is 4.87 Å². The highest BCUT2D eigenvalue weighted by Gasteiger charge is 2.06. The fourth-order valence-electron chi connectivity index (χ4n) is 1.59. The van der Waals surface area contributed by atoms with Gasteiger partial charge in [-0.1, -0.05) is 17.4 Å². The summed E-state index contributed by atoms with van der Waals surface area (Å²) in [5, 5.41) is 1.88. The van der Waals surface area contributed by atoms with Gasteiger partial charge in [-0.2, -0.15) is 0 Å². The minimum absolute atomic E-state index is 0.0782. The van der Waals surface area contributed by atoms with E-state index in [1.54, 1.807) is 11.7 Å². The third-order valence-corrected chi connectivity index (χ3v) is 4.03. The van der Waals surface area contributed by atoms with Crippen molar-refractivity contribution in [3.63, 3.8) is 0 Å². The Hall–Kier alpha value is -1.07. The van der Waals surface area contributed by atoms with E-state index in [1.165, 1.54) is 11.3 Å². The Morgan fingerprint density at radius 1 is 1.47 bits per heavy atom. The maximum Gasteiger partial charge on any atom is 0.307 e. The molecule has 17 heavy (non-hydrogen) atoms. The zero-order chi connectivity index (χ0) is 12.4. The molecule has 0 spiro atoms. The summed E-state index contributed by atoms with van der Waals surface area (Å²) in [4.78, 5) is 11.7. The number of methoxy groups -OCH3 is 1. The van der Waals surface area contributed by atoms with Gasteiger partial charge < -0.3 is 4.74 Å². The molecule has 0 aliphatic rings. The van der Waals surface area contributed by atoms with E-state index in [0.29, 0.717) is 6.54 Å². The summed E-state index contributed by atoms with van der Waals surface area (Å²) in [6.45, 7) is 2.53. The summed E-state index contributed by atoms with van der Waals surface area (Å²) in [6, 6.07) is 5.83. The highest BCUT2D eigenvalue weighted by atomic mass is 79.9. The molecule has 0 bridgehead atoms. The van der Waals surface area contributed by atoms with E-state index in [4.69, 9.17) is 4.74 Å². The van der Waals surface area contributed by atoms with Crippen LogP contribution in [0.5, 0.6) is 5.75 Å². The van der Waals surface area contributed by atoms with Gasteiger partial charge in [-0.25, -0.2) is 0 Å². The molecule has 1 aromatic heterocycles. The molecule has 1 aromatic carbocycles. The summed E-state index contributed by atoms with van der Waals surface area (Å²) in [5.74, 6) is 0.795. The first-order chi connectivity index (χ1) is 8.11. The summed E-state index contributed by atoms with van der Waals surface area (Å²) < 4.78 is 7.83. The molecule has 0 saturated carbocycles. The van der Waals surface area contributed by atoms with Crippen molar-refractivity contribution in [2.24, 2.45) is 0 Å². The fourth-order valence-corrected chi connectivity index (χ4v) is 2.91. The van der Waals surface area contributed by atoms with Gasteiger partial charge in [0.1, 0.15) is 5.75 Å². The smallest absolute Gasteiger partial charge is 0.307 e. The van der Waals surface area contributed by atoms with Crippen molar-refractivity contribution in [2.45, 2.75) is 13.5 Å². The lowest BCUT2D eigenvalue weighted by atomic mass is 10.2. The minimum Gasteiger partial charge on any atom is -0.496 e. The molecule has 3 nitrogen and oxygen atoms in total. The number of aromatic nitrogens is 1. The zero-order valence-electron chi connectivity index (χ0n) is 9.57. The molecule has 0 atom stereocenters. The van der Waals surface area contributed by atoms with Gasteiger partial charge in [-0.3, -0.25) is 9.36 Å². The van der Waals surface area contributed by atoms with E-state index in [2.05, 4.69) is 15.9 Å². The second-order valence-corrected chi connectivity index (χ2v) is 5.37. The molecule has 90 valence electrons. The number of benzene rings is 1. The molecule has 2 aromatic rings. The quantitative estimate of drug-likeness (QED) is 0.872. The number of thiazole rings is 1. The normalized spacial score (nSPS) is 10.5. The van der Waals surface area contributed by atoms with E-state index in [0.717, 1.165) is 21.5 Å². The molecule has 0 N–H and O–H groups in total. The summed E-state index contributed by atoms with van der Waals surface area (Å²) in [5.41, 5.74) is 2.06. The largest absolute Gasteiger partial charge is 0.496 e. The van der Waals surface area contributed by atoms with Crippen molar-refractivity contribution in [1.29, 1.82) is 0 Å². The first kappa shape index (κ1) is 12.4. The van der Waals surface area contributed by atoms with Crippen LogP contribution in [0.4, 0.5) is 0 Å². The van der Waals surface area contributed by atoms with E-state index in [-0.39, 0.29) is 4.87 Å². The van der Waals surface area contributed by atoms with Gasteiger partial charge in [0.15, 0.2) is 0 Å². The van der Waals surface area contributed by atoms with E-state index in [9.17, 15) is 4.79 Å². The monoisotopic (exact) mass is 313 g/mol. The van der Waals surface area contributed by atoms with Crippen molar-refractivity contribution in [3.05, 3.63) is 49.0 Å². The van der Waals surface area contributed by atoms with Crippen LogP contribution in [-0.4, -0.2) is 11.7 Å². The number of halogens is 1. The van der Waals surface area contributed by atoms with E-state index >= 15 is 0 Å². The van der Waals surface area contributed by atoms with Crippen LogP contribution in [0.15, 0.2) is 32.8 Å². The standard InChI is InChI=1S/C12H12BrNO2S/c1-8-7-17-12(15)14(8)6-9-3-4-11(16-2)10(13)5-9/h3-5,7H,6H2,1-2H3. The predicted octanol–water partition coefficient (Wildman–Crippen LogP) is 3.04. The Morgan fingerprint density at radius 3 is 2.76 bits per heavy atom. The third-order valence-electron chi connectivity index (χ3n) is 2.53. The van der Waals surface area contributed by atoms with Crippen molar-refractivity contribution in [1.82, 2.24) is 4.57 Å². The topological polar surface area (TPSA) is 31.2 Å². The molecular weight excluding hydrogens is 302 g/mol. The van der Waals surface area contributed by atoms with E-state index in [1.807, 2.05) is 30.5 Å². The first-order valence-electron chi connectivity index (χ1n) is 5.09. The Kier molecular flexibility index (Phi) is 3.69. The van der Waals surface area contributed by atoms with Gasteiger partial charge in [-0.05, 0) is 40.5 Å². The average molecular weight is 314 g/mol. The van der Waals surface area contributed by atoms with E-state index < -0.39 is 0 Å². The van der Waals surface area contributed by atoms with Crippen LogP contribution in [0, 0.1) is 6.92 Å². The zero-order valence-corrected chi connectivity index (χ0v) is 12.0. The molecule has 2 rings (SSSR count). The summed E-state index contributed by atoms with van der Waals surface area (Å²) in [6.07, 6.45) is 0. The number of nitrogens with zero attached hydrogens (tertiary/aromatic N) is 1. The van der Waals surface area contributed by atoms with Crippen molar-refractivity contribution >= 4 is 27.3 Å². The lowest BCUT2D eigenvalue weighted by Crippen LogP contribution is -2.15. The SMILES string of the molecule is COc1ccc(Cn2c(C)csc2=O)cc1Br. The minimum atomic E-state index is 0.0782. The van der Waals surface area contributed by atoms with Crippen LogP contribution in [0.25, 0.3) is 0 Å².